The second-order valence-electron chi connectivity index (χ2n) is 6.74. The second kappa shape index (κ2) is 7.56. The number of rotatable bonds is 3. The summed E-state index contributed by atoms with van der Waals surface area (Å²) in [6.45, 7) is 4.65. The van der Waals surface area contributed by atoms with Crippen LogP contribution in [-0.2, 0) is 6.42 Å². The van der Waals surface area contributed by atoms with Crippen molar-refractivity contribution in [1.82, 2.24) is 10.1 Å². The van der Waals surface area contributed by atoms with Crippen molar-refractivity contribution in [2.75, 3.05) is 17.2 Å². The molecule has 142 valence electrons. The Morgan fingerprint density at radius 3 is 2.85 bits per heavy atom. The summed E-state index contributed by atoms with van der Waals surface area (Å²) in [5.41, 5.74) is 10.4. The van der Waals surface area contributed by atoms with Crippen LogP contribution >= 0.6 is 12.4 Å². The van der Waals surface area contributed by atoms with Gasteiger partial charge in [0.25, 0.3) is 0 Å². The van der Waals surface area contributed by atoms with Crippen LogP contribution in [0.3, 0.4) is 0 Å². The van der Waals surface area contributed by atoms with E-state index in [0.717, 1.165) is 30.8 Å². The minimum atomic E-state index is -0.276. The molecule has 7 heteroatoms. The number of aromatic nitrogens is 2. The molecule has 0 radical (unpaired) electrons. The number of benzene rings is 2. The molecule has 0 saturated heterocycles. The molecule has 1 aliphatic heterocycles. The van der Waals surface area contributed by atoms with E-state index in [1.807, 2.05) is 19.1 Å². The van der Waals surface area contributed by atoms with Gasteiger partial charge in [-0.2, -0.15) is 4.98 Å². The standard InChI is InChI=1S/C20H21FN4O.ClH/c1-12-8-9-14(11-16(12)21)19-23-20(26-24-19)13(2)25-10-4-5-15-17(22)6-3-7-18(15)25;/h3,6-9,11,13H,4-5,10,22H2,1-2H3;1H. The quantitative estimate of drug-likeness (QED) is 0.658. The molecule has 27 heavy (non-hydrogen) atoms. The van der Waals surface area contributed by atoms with Gasteiger partial charge in [-0.3, -0.25) is 0 Å². The third kappa shape index (κ3) is 3.49. The van der Waals surface area contributed by atoms with Crippen molar-refractivity contribution in [2.24, 2.45) is 0 Å². The average Bonchev–Trinajstić information content (AvgIpc) is 3.13. The molecule has 1 atom stereocenters. The topological polar surface area (TPSA) is 68.2 Å². The minimum Gasteiger partial charge on any atom is -0.398 e. The molecule has 1 unspecified atom stereocenters. The fourth-order valence-corrected chi connectivity index (χ4v) is 3.47. The summed E-state index contributed by atoms with van der Waals surface area (Å²) >= 11 is 0. The van der Waals surface area contributed by atoms with Gasteiger partial charge in [-0.05, 0) is 56.0 Å². The number of nitrogens with zero attached hydrogens (tertiary/aromatic N) is 3. The summed E-state index contributed by atoms with van der Waals surface area (Å²) in [5.74, 6) is 0.633. The van der Waals surface area contributed by atoms with Gasteiger partial charge in [-0.25, -0.2) is 4.39 Å². The Morgan fingerprint density at radius 2 is 2.07 bits per heavy atom. The van der Waals surface area contributed by atoms with Crippen LogP contribution in [0.25, 0.3) is 11.4 Å². The van der Waals surface area contributed by atoms with Crippen molar-refractivity contribution in [2.45, 2.75) is 32.7 Å². The average molecular weight is 389 g/mol. The van der Waals surface area contributed by atoms with Crippen LogP contribution < -0.4 is 10.6 Å². The lowest BCUT2D eigenvalue weighted by molar-refractivity contribution is 0.353. The number of anilines is 2. The van der Waals surface area contributed by atoms with Gasteiger partial charge >= 0.3 is 0 Å². The maximum Gasteiger partial charge on any atom is 0.249 e. The number of aryl methyl sites for hydroxylation is 1. The number of fused-ring (bicyclic) bond motifs is 1. The Balaban J connectivity index is 0.00000210. The summed E-state index contributed by atoms with van der Waals surface area (Å²) in [6.07, 6.45) is 2.00. The minimum absolute atomic E-state index is 0. The maximum atomic E-state index is 13.8. The Morgan fingerprint density at radius 1 is 1.26 bits per heavy atom. The highest BCUT2D eigenvalue weighted by Crippen LogP contribution is 2.36. The van der Waals surface area contributed by atoms with Gasteiger partial charge in [0, 0.05) is 23.5 Å². The molecule has 4 rings (SSSR count). The number of hydrogen-bond donors (Lipinski definition) is 1. The van der Waals surface area contributed by atoms with E-state index in [4.69, 9.17) is 10.3 Å². The van der Waals surface area contributed by atoms with E-state index in [2.05, 4.69) is 21.1 Å². The molecule has 0 bridgehead atoms. The van der Waals surface area contributed by atoms with Gasteiger partial charge in [-0.1, -0.05) is 23.4 Å². The molecule has 1 aliphatic rings. The van der Waals surface area contributed by atoms with Crippen LogP contribution in [0.5, 0.6) is 0 Å². The zero-order valence-corrected chi connectivity index (χ0v) is 16.1. The Kier molecular flexibility index (Phi) is 5.37. The molecule has 0 amide bonds. The molecule has 1 aromatic heterocycles. The fourth-order valence-electron chi connectivity index (χ4n) is 3.47. The van der Waals surface area contributed by atoms with Crippen molar-refractivity contribution in [3.8, 4) is 11.4 Å². The summed E-state index contributed by atoms with van der Waals surface area (Å²) < 4.78 is 19.3. The van der Waals surface area contributed by atoms with Crippen LogP contribution in [0.2, 0.25) is 0 Å². The van der Waals surface area contributed by atoms with E-state index in [9.17, 15) is 4.39 Å². The van der Waals surface area contributed by atoms with Crippen molar-refractivity contribution in [1.29, 1.82) is 0 Å². The van der Waals surface area contributed by atoms with Gasteiger partial charge < -0.3 is 15.2 Å². The Labute approximate surface area is 163 Å². The zero-order valence-electron chi connectivity index (χ0n) is 15.3. The highest BCUT2D eigenvalue weighted by Gasteiger charge is 2.27. The van der Waals surface area contributed by atoms with Crippen LogP contribution in [-0.4, -0.2) is 16.7 Å². The van der Waals surface area contributed by atoms with E-state index < -0.39 is 0 Å². The van der Waals surface area contributed by atoms with Gasteiger partial charge in [0.1, 0.15) is 11.9 Å². The molecule has 2 N–H and O–H groups in total. The predicted molar refractivity (Wildman–Crippen MR) is 107 cm³/mol. The van der Waals surface area contributed by atoms with Crippen LogP contribution in [0.15, 0.2) is 40.9 Å². The third-order valence-electron chi connectivity index (χ3n) is 5.02. The van der Waals surface area contributed by atoms with Crippen molar-refractivity contribution < 1.29 is 8.91 Å². The first kappa shape index (κ1) is 19.2. The molecule has 2 heterocycles. The summed E-state index contributed by atoms with van der Waals surface area (Å²) in [5, 5.41) is 4.04. The first-order chi connectivity index (χ1) is 12.5. The summed E-state index contributed by atoms with van der Waals surface area (Å²) in [7, 11) is 0. The third-order valence-corrected chi connectivity index (χ3v) is 5.02. The summed E-state index contributed by atoms with van der Waals surface area (Å²) in [4.78, 5) is 6.74. The molecular weight excluding hydrogens is 367 g/mol. The smallest absolute Gasteiger partial charge is 0.249 e. The molecule has 0 fully saturated rings. The SMILES string of the molecule is Cc1ccc(-c2noc(C(C)N3CCCc4c(N)cccc43)n2)cc1F.Cl. The lowest BCUT2D eigenvalue weighted by Gasteiger charge is -2.35. The van der Waals surface area contributed by atoms with Gasteiger partial charge in [0.15, 0.2) is 0 Å². The van der Waals surface area contributed by atoms with E-state index in [-0.39, 0.29) is 24.3 Å². The molecule has 3 aromatic rings. The number of nitrogen functional groups attached to an aromatic ring is 1. The Hall–Kier alpha value is -2.60. The zero-order chi connectivity index (χ0) is 18.3. The van der Waals surface area contributed by atoms with Crippen molar-refractivity contribution >= 4 is 23.8 Å². The van der Waals surface area contributed by atoms with E-state index >= 15 is 0 Å². The molecule has 0 aliphatic carbocycles. The number of halogens is 2. The molecule has 5 nitrogen and oxygen atoms in total. The van der Waals surface area contributed by atoms with Gasteiger partial charge in [-0.15, -0.1) is 12.4 Å². The normalized spacial score (nSPS) is 14.4. The monoisotopic (exact) mass is 388 g/mol. The largest absolute Gasteiger partial charge is 0.398 e. The highest BCUT2D eigenvalue weighted by atomic mass is 35.5. The van der Waals surface area contributed by atoms with E-state index in [1.54, 1.807) is 19.1 Å². The number of hydrogen-bond acceptors (Lipinski definition) is 5. The Bertz CT molecular complexity index is 959. The van der Waals surface area contributed by atoms with Crippen LogP contribution in [0.1, 0.15) is 36.4 Å². The first-order valence-corrected chi connectivity index (χ1v) is 8.78. The maximum absolute atomic E-state index is 13.8. The van der Waals surface area contributed by atoms with E-state index in [1.165, 1.54) is 11.6 Å². The predicted octanol–water partition coefficient (Wildman–Crippen LogP) is 4.70. The highest BCUT2D eigenvalue weighted by molar-refractivity contribution is 5.85. The fraction of sp³-hybridized carbons (Fsp3) is 0.300. The second-order valence-corrected chi connectivity index (χ2v) is 6.74. The molecule has 0 spiro atoms. The van der Waals surface area contributed by atoms with Crippen molar-refractivity contribution in [3.05, 3.63) is 59.2 Å². The van der Waals surface area contributed by atoms with Crippen LogP contribution in [0.4, 0.5) is 15.8 Å². The number of nitrogens with two attached hydrogens (primary N) is 1. The van der Waals surface area contributed by atoms with Gasteiger partial charge in [0.2, 0.25) is 11.7 Å². The summed E-state index contributed by atoms with van der Waals surface area (Å²) in [6, 6.07) is 10.8. The lowest BCUT2D eigenvalue weighted by atomic mass is 9.98. The lowest BCUT2D eigenvalue weighted by Crippen LogP contribution is -2.32. The van der Waals surface area contributed by atoms with E-state index in [0.29, 0.717) is 22.8 Å². The van der Waals surface area contributed by atoms with Crippen molar-refractivity contribution in [3.63, 3.8) is 0 Å². The van der Waals surface area contributed by atoms with Crippen LogP contribution in [0, 0.1) is 12.7 Å². The van der Waals surface area contributed by atoms with Gasteiger partial charge in [0.05, 0.1) is 0 Å². The molecule has 2 aromatic carbocycles. The molecule has 0 saturated carbocycles. The first-order valence-electron chi connectivity index (χ1n) is 8.78. The molecular formula is C20H22ClFN4O.